The number of aryl methyl sites for hydroxylation is 1. The van der Waals surface area contributed by atoms with Crippen molar-refractivity contribution in [3.63, 3.8) is 0 Å². The van der Waals surface area contributed by atoms with Gasteiger partial charge in [-0.2, -0.15) is 0 Å². The Balaban J connectivity index is 0.000000207. The van der Waals surface area contributed by atoms with E-state index in [-0.39, 0.29) is 30.9 Å². The summed E-state index contributed by atoms with van der Waals surface area (Å²) in [7, 11) is 0. The van der Waals surface area contributed by atoms with Crippen LogP contribution in [0, 0.1) is 19.1 Å². The smallest absolute Gasteiger partial charge is 0.0163 e. The first-order valence-corrected chi connectivity index (χ1v) is 14.2. The Kier molecular flexibility index (Phi) is 9.46. The quantitative estimate of drug-likeness (QED) is 0.131. The van der Waals surface area contributed by atoms with Crippen LogP contribution in [-0.4, -0.2) is 9.97 Å². The maximum absolute atomic E-state index is 4.49. The van der Waals surface area contributed by atoms with E-state index in [4.69, 9.17) is 0 Å². The van der Waals surface area contributed by atoms with Gasteiger partial charge in [-0.25, -0.2) is 0 Å². The molecule has 0 spiro atoms. The fourth-order valence-electron chi connectivity index (χ4n) is 4.89. The minimum atomic E-state index is 0. The maximum Gasteiger partial charge on any atom is 0.0163 e. The van der Waals surface area contributed by atoms with Crippen LogP contribution in [0.3, 0.4) is 0 Å². The van der Waals surface area contributed by atoms with Gasteiger partial charge in [-0.3, -0.25) is 0 Å². The molecule has 42 heavy (non-hydrogen) atoms. The van der Waals surface area contributed by atoms with Crippen LogP contribution in [0.15, 0.2) is 103 Å². The molecule has 0 amide bonds. The summed E-state index contributed by atoms with van der Waals surface area (Å²) in [5.41, 5.74) is 8.26. The number of benzene rings is 4. The molecule has 0 saturated heterocycles. The van der Waals surface area contributed by atoms with E-state index in [0.29, 0.717) is 0 Å². The van der Waals surface area contributed by atoms with Gasteiger partial charge in [-0.15, -0.1) is 64.5 Å². The zero-order valence-corrected chi connectivity index (χ0v) is 27.9. The molecule has 0 N–H and O–H groups in total. The van der Waals surface area contributed by atoms with Gasteiger partial charge in [0.05, 0.1) is 0 Å². The van der Waals surface area contributed by atoms with Gasteiger partial charge in [-0.05, 0) is 52.2 Å². The standard InChI is InChI=1S/C24H22N.C15H16N.Ir/c1-16-11-12-25-23(13-16)19-8-10-21-18(14-19)6-5-17-7-9-20(15-22(17)21)24(2,3)4;1-15(2,3)13-8-6-7-12(11-13)14-9-4-5-10-16-14;/h5-7,9-15H,1-4H3;4-6,8-11H,1-3H3;/q2*-1;. The molecular weight excluding hydrogens is 689 g/mol. The second-order valence-corrected chi connectivity index (χ2v) is 12.8. The average molecular weight is 727 g/mol. The Bertz CT molecular complexity index is 1810. The number of pyridine rings is 2. The van der Waals surface area contributed by atoms with Gasteiger partial charge >= 0.3 is 0 Å². The predicted octanol–water partition coefficient (Wildman–Crippen LogP) is 10.3. The topological polar surface area (TPSA) is 25.8 Å². The third-order valence-electron chi connectivity index (χ3n) is 7.43. The van der Waals surface area contributed by atoms with E-state index in [9.17, 15) is 0 Å². The molecule has 0 atom stereocenters. The van der Waals surface area contributed by atoms with Crippen molar-refractivity contribution in [1.82, 2.24) is 9.97 Å². The molecule has 2 nitrogen and oxygen atoms in total. The molecule has 6 rings (SSSR count). The van der Waals surface area contributed by atoms with Gasteiger partial charge in [0.1, 0.15) is 0 Å². The molecule has 215 valence electrons. The molecule has 0 bridgehead atoms. The molecule has 0 aliphatic carbocycles. The fraction of sp³-hybridized carbons (Fsp3) is 0.231. The Morgan fingerprint density at radius 3 is 1.93 bits per heavy atom. The van der Waals surface area contributed by atoms with Gasteiger partial charge in [0, 0.05) is 32.5 Å². The summed E-state index contributed by atoms with van der Waals surface area (Å²) in [6, 6.07) is 38.5. The van der Waals surface area contributed by atoms with Gasteiger partial charge in [-0.1, -0.05) is 106 Å². The summed E-state index contributed by atoms with van der Waals surface area (Å²) in [5, 5.41) is 5.05. The maximum atomic E-state index is 4.49. The summed E-state index contributed by atoms with van der Waals surface area (Å²) in [5.74, 6) is 0. The van der Waals surface area contributed by atoms with Crippen molar-refractivity contribution >= 4 is 21.5 Å². The van der Waals surface area contributed by atoms with E-state index in [1.807, 2.05) is 42.7 Å². The van der Waals surface area contributed by atoms with Crippen LogP contribution in [-0.2, 0) is 30.9 Å². The number of rotatable bonds is 2. The molecule has 6 aromatic rings. The Morgan fingerprint density at radius 2 is 1.24 bits per heavy atom. The van der Waals surface area contributed by atoms with Crippen molar-refractivity contribution in [1.29, 1.82) is 0 Å². The van der Waals surface area contributed by atoms with Crippen LogP contribution in [0.4, 0.5) is 0 Å². The van der Waals surface area contributed by atoms with E-state index in [2.05, 4.69) is 131 Å². The zero-order valence-electron chi connectivity index (χ0n) is 25.5. The van der Waals surface area contributed by atoms with Crippen LogP contribution in [0.1, 0.15) is 58.2 Å². The molecule has 2 heterocycles. The molecule has 0 aliphatic rings. The Labute approximate surface area is 264 Å². The van der Waals surface area contributed by atoms with Crippen molar-refractivity contribution in [3.8, 4) is 22.5 Å². The van der Waals surface area contributed by atoms with E-state index in [1.54, 1.807) is 0 Å². The fourth-order valence-corrected chi connectivity index (χ4v) is 4.89. The molecule has 1 radical (unpaired) electrons. The second kappa shape index (κ2) is 12.7. The van der Waals surface area contributed by atoms with Crippen LogP contribution in [0.5, 0.6) is 0 Å². The molecule has 0 fully saturated rings. The molecule has 0 unspecified atom stereocenters. The average Bonchev–Trinajstić information content (AvgIpc) is 2.96. The molecule has 3 heteroatoms. The summed E-state index contributed by atoms with van der Waals surface area (Å²) >= 11 is 0. The normalized spacial score (nSPS) is 11.5. The van der Waals surface area contributed by atoms with Gasteiger partial charge in [0.15, 0.2) is 0 Å². The van der Waals surface area contributed by atoms with Crippen LogP contribution in [0.2, 0.25) is 0 Å². The predicted molar refractivity (Wildman–Crippen MR) is 174 cm³/mol. The van der Waals surface area contributed by atoms with E-state index in [0.717, 1.165) is 22.5 Å². The number of aromatic nitrogens is 2. The summed E-state index contributed by atoms with van der Waals surface area (Å²) in [4.78, 5) is 8.84. The Hall–Kier alpha value is -3.65. The van der Waals surface area contributed by atoms with E-state index < -0.39 is 0 Å². The minimum absolute atomic E-state index is 0. The number of hydrogen-bond donors (Lipinski definition) is 0. The van der Waals surface area contributed by atoms with Crippen molar-refractivity contribution in [2.75, 3.05) is 0 Å². The van der Waals surface area contributed by atoms with E-state index >= 15 is 0 Å². The molecular formula is C39H38IrN2-2. The third kappa shape index (κ3) is 7.21. The van der Waals surface area contributed by atoms with Crippen molar-refractivity contribution in [3.05, 3.63) is 132 Å². The summed E-state index contributed by atoms with van der Waals surface area (Å²) in [6.07, 6.45) is 3.67. The molecule has 0 aliphatic heterocycles. The number of fused-ring (bicyclic) bond motifs is 3. The van der Waals surface area contributed by atoms with Gasteiger partial charge < -0.3 is 9.97 Å². The van der Waals surface area contributed by atoms with E-state index in [1.165, 1.54) is 38.2 Å². The molecule has 0 saturated carbocycles. The SMILES string of the molecule is CC(C)(C)c1cc[c-]c(-c2ccccn2)c1.Cc1ccnc(-c2[c-]cc3c(ccc4ccc(C(C)(C)C)cc43)c2)c1.[Ir]. The van der Waals surface area contributed by atoms with Crippen molar-refractivity contribution < 1.29 is 20.1 Å². The summed E-state index contributed by atoms with van der Waals surface area (Å²) in [6.45, 7) is 15.5. The van der Waals surface area contributed by atoms with Crippen LogP contribution >= 0.6 is 0 Å². The third-order valence-corrected chi connectivity index (χ3v) is 7.43. The molecule has 4 aromatic carbocycles. The first kappa shape index (κ1) is 31.3. The Morgan fingerprint density at radius 1 is 0.571 bits per heavy atom. The first-order valence-electron chi connectivity index (χ1n) is 14.2. The molecule has 2 aromatic heterocycles. The van der Waals surface area contributed by atoms with Crippen molar-refractivity contribution in [2.24, 2.45) is 0 Å². The number of nitrogens with zero attached hydrogens (tertiary/aromatic N) is 2. The largest absolute Gasteiger partial charge is 0.305 e. The monoisotopic (exact) mass is 727 g/mol. The first-order chi connectivity index (χ1) is 19.5. The second-order valence-electron chi connectivity index (χ2n) is 12.8. The number of hydrogen-bond acceptors (Lipinski definition) is 2. The minimum Gasteiger partial charge on any atom is -0.305 e. The van der Waals surface area contributed by atoms with Crippen molar-refractivity contribution in [2.45, 2.75) is 59.3 Å². The zero-order chi connectivity index (χ0) is 29.2. The van der Waals surface area contributed by atoms with Crippen LogP contribution < -0.4 is 0 Å². The summed E-state index contributed by atoms with van der Waals surface area (Å²) < 4.78 is 0. The van der Waals surface area contributed by atoms with Gasteiger partial charge in [0.25, 0.3) is 0 Å². The van der Waals surface area contributed by atoms with Gasteiger partial charge in [0.2, 0.25) is 0 Å². The van der Waals surface area contributed by atoms with Crippen LogP contribution in [0.25, 0.3) is 44.1 Å².